The van der Waals surface area contributed by atoms with Gasteiger partial charge in [0, 0.05) is 6.08 Å². The molecule has 0 saturated heterocycles. The summed E-state index contributed by atoms with van der Waals surface area (Å²) in [4.78, 5) is 23.5. The summed E-state index contributed by atoms with van der Waals surface area (Å²) >= 11 is 0. The predicted octanol–water partition coefficient (Wildman–Crippen LogP) is 3.20. The Kier molecular flexibility index (Phi) is 6.14. The molecule has 1 amide bonds. The average molecular weight is 325 g/mol. The van der Waals surface area contributed by atoms with Crippen LogP contribution in [0.15, 0.2) is 54.6 Å². The van der Waals surface area contributed by atoms with Gasteiger partial charge in [-0.1, -0.05) is 42.0 Å². The largest absolute Gasteiger partial charge is 0.495 e. The molecule has 2 aromatic rings. The molecule has 24 heavy (non-hydrogen) atoms. The number of carbonyl (C=O) groups is 2. The van der Waals surface area contributed by atoms with Gasteiger partial charge in [-0.15, -0.1) is 0 Å². The molecule has 0 saturated carbocycles. The zero-order valence-corrected chi connectivity index (χ0v) is 13.6. The fourth-order valence-corrected chi connectivity index (χ4v) is 2.06. The van der Waals surface area contributed by atoms with Crippen LogP contribution in [-0.4, -0.2) is 25.6 Å². The van der Waals surface area contributed by atoms with E-state index in [1.54, 1.807) is 30.3 Å². The maximum Gasteiger partial charge on any atom is 0.331 e. The topological polar surface area (TPSA) is 64.6 Å². The second-order valence-electron chi connectivity index (χ2n) is 5.10. The van der Waals surface area contributed by atoms with E-state index in [0.29, 0.717) is 11.4 Å². The smallest absolute Gasteiger partial charge is 0.331 e. The van der Waals surface area contributed by atoms with Crippen molar-refractivity contribution in [3.8, 4) is 5.75 Å². The van der Waals surface area contributed by atoms with Gasteiger partial charge in [-0.05, 0) is 30.7 Å². The fourth-order valence-electron chi connectivity index (χ4n) is 2.06. The highest BCUT2D eigenvalue weighted by Gasteiger charge is 2.08. The third kappa shape index (κ3) is 5.28. The monoisotopic (exact) mass is 325 g/mol. The SMILES string of the molecule is COc1ccccc1NC(=O)COC(=O)/C=C/c1cccc(C)c1. The molecule has 0 fully saturated rings. The van der Waals surface area contributed by atoms with Crippen molar-refractivity contribution in [2.24, 2.45) is 0 Å². The van der Waals surface area contributed by atoms with Crippen LogP contribution in [0.4, 0.5) is 5.69 Å². The molecule has 2 rings (SSSR count). The lowest BCUT2D eigenvalue weighted by Crippen LogP contribution is -2.20. The standard InChI is InChI=1S/C19H19NO4/c1-14-6-5-7-15(12-14)10-11-19(22)24-13-18(21)20-16-8-3-4-9-17(16)23-2/h3-12H,13H2,1-2H3,(H,20,21)/b11-10+. The second kappa shape index (κ2) is 8.53. The van der Waals surface area contributed by atoms with Crippen molar-refractivity contribution in [2.75, 3.05) is 19.0 Å². The first kappa shape index (κ1) is 17.3. The number of rotatable bonds is 6. The van der Waals surface area contributed by atoms with Crippen LogP contribution in [0.25, 0.3) is 6.08 Å². The van der Waals surface area contributed by atoms with Gasteiger partial charge in [0.25, 0.3) is 5.91 Å². The number of nitrogens with one attached hydrogen (secondary N) is 1. The Morgan fingerprint density at radius 1 is 1.12 bits per heavy atom. The Bertz CT molecular complexity index is 753. The molecule has 0 radical (unpaired) electrons. The second-order valence-corrected chi connectivity index (χ2v) is 5.10. The first-order chi connectivity index (χ1) is 11.6. The lowest BCUT2D eigenvalue weighted by Gasteiger charge is -2.09. The summed E-state index contributed by atoms with van der Waals surface area (Å²) < 4.78 is 10.1. The zero-order valence-electron chi connectivity index (χ0n) is 13.6. The fraction of sp³-hybridized carbons (Fsp3) is 0.158. The number of benzene rings is 2. The molecule has 0 aliphatic heterocycles. The van der Waals surface area contributed by atoms with Crippen LogP contribution in [0.1, 0.15) is 11.1 Å². The molecule has 5 heteroatoms. The van der Waals surface area contributed by atoms with Crippen LogP contribution in [0.5, 0.6) is 5.75 Å². The predicted molar refractivity (Wildman–Crippen MR) is 92.8 cm³/mol. The Morgan fingerprint density at radius 2 is 1.92 bits per heavy atom. The summed E-state index contributed by atoms with van der Waals surface area (Å²) in [6, 6.07) is 14.7. The summed E-state index contributed by atoms with van der Waals surface area (Å²) in [5, 5.41) is 2.63. The van der Waals surface area contributed by atoms with Gasteiger partial charge in [-0.3, -0.25) is 4.79 Å². The van der Waals surface area contributed by atoms with E-state index >= 15 is 0 Å². The number of carbonyl (C=O) groups excluding carboxylic acids is 2. The van der Waals surface area contributed by atoms with Gasteiger partial charge in [0.15, 0.2) is 6.61 Å². The molecule has 0 aliphatic carbocycles. The number of esters is 1. The zero-order chi connectivity index (χ0) is 17.4. The highest BCUT2D eigenvalue weighted by Crippen LogP contribution is 2.22. The minimum absolute atomic E-state index is 0.366. The number of aryl methyl sites for hydroxylation is 1. The van der Waals surface area contributed by atoms with Gasteiger partial charge < -0.3 is 14.8 Å². The quantitative estimate of drug-likeness (QED) is 0.654. The maximum absolute atomic E-state index is 11.8. The summed E-state index contributed by atoms with van der Waals surface area (Å²) in [7, 11) is 1.51. The Morgan fingerprint density at radius 3 is 2.67 bits per heavy atom. The Hall–Kier alpha value is -3.08. The van der Waals surface area contributed by atoms with Crippen LogP contribution in [0.3, 0.4) is 0 Å². The van der Waals surface area contributed by atoms with Crippen LogP contribution >= 0.6 is 0 Å². The van der Waals surface area contributed by atoms with E-state index in [1.165, 1.54) is 13.2 Å². The van der Waals surface area contributed by atoms with Crippen LogP contribution in [-0.2, 0) is 14.3 Å². The van der Waals surface area contributed by atoms with E-state index < -0.39 is 11.9 Å². The number of amides is 1. The summed E-state index contributed by atoms with van der Waals surface area (Å²) in [5.41, 5.74) is 2.52. The number of hydrogen-bond donors (Lipinski definition) is 1. The van der Waals surface area contributed by atoms with E-state index in [9.17, 15) is 9.59 Å². The third-order valence-electron chi connectivity index (χ3n) is 3.18. The number of methoxy groups -OCH3 is 1. The molecular formula is C19H19NO4. The summed E-state index contributed by atoms with van der Waals surface area (Å²) in [6.45, 7) is 1.60. The van der Waals surface area contributed by atoms with Gasteiger partial charge in [-0.2, -0.15) is 0 Å². The minimum Gasteiger partial charge on any atom is -0.495 e. The number of ether oxygens (including phenoxy) is 2. The van der Waals surface area contributed by atoms with Gasteiger partial charge >= 0.3 is 5.97 Å². The van der Waals surface area contributed by atoms with E-state index in [0.717, 1.165) is 11.1 Å². The average Bonchev–Trinajstić information content (AvgIpc) is 2.58. The third-order valence-corrected chi connectivity index (χ3v) is 3.18. The molecule has 0 aromatic heterocycles. The molecule has 0 atom stereocenters. The van der Waals surface area contributed by atoms with Crippen molar-refractivity contribution >= 4 is 23.6 Å². The van der Waals surface area contributed by atoms with E-state index in [4.69, 9.17) is 9.47 Å². The highest BCUT2D eigenvalue weighted by atomic mass is 16.5. The van der Waals surface area contributed by atoms with Crippen molar-refractivity contribution in [2.45, 2.75) is 6.92 Å². The van der Waals surface area contributed by atoms with E-state index in [1.807, 2.05) is 31.2 Å². The number of anilines is 1. The molecule has 1 N–H and O–H groups in total. The summed E-state index contributed by atoms with van der Waals surface area (Å²) in [6.07, 6.45) is 2.94. The van der Waals surface area contributed by atoms with Gasteiger partial charge in [0.05, 0.1) is 12.8 Å². The van der Waals surface area contributed by atoms with Gasteiger partial charge in [-0.25, -0.2) is 4.79 Å². The Balaban J connectivity index is 1.84. The van der Waals surface area contributed by atoms with Crippen LogP contribution in [0.2, 0.25) is 0 Å². The molecule has 0 unspecified atom stereocenters. The highest BCUT2D eigenvalue weighted by molar-refractivity contribution is 5.95. The van der Waals surface area contributed by atoms with E-state index in [-0.39, 0.29) is 6.61 Å². The summed E-state index contributed by atoms with van der Waals surface area (Å²) in [5.74, 6) is -0.472. The van der Waals surface area contributed by atoms with Crippen LogP contribution < -0.4 is 10.1 Å². The minimum atomic E-state index is -0.577. The van der Waals surface area contributed by atoms with Gasteiger partial charge in [0.2, 0.25) is 0 Å². The number of para-hydroxylation sites is 2. The van der Waals surface area contributed by atoms with Crippen molar-refractivity contribution in [1.82, 2.24) is 0 Å². The molecule has 0 spiro atoms. The molecule has 0 bridgehead atoms. The first-order valence-electron chi connectivity index (χ1n) is 7.43. The lowest BCUT2D eigenvalue weighted by atomic mass is 10.1. The molecule has 0 aliphatic rings. The van der Waals surface area contributed by atoms with Crippen molar-refractivity contribution in [1.29, 1.82) is 0 Å². The van der Waals surface area contributed by atoms with Crippen LogP contribution in [0, 0.1) is 6.92 Å². The molecular weight excluding hydrogens is 306 g/mol. The van der Waals surface area contributed by atoms with Crippen molar-refractivity contribution in [3.63, 3.8) is 0 Å². The maximum atomic E-state index is 11.8. The van der Waals surface area contributed by atoms with E-state index in [2.05, 4.69) is 5.32 Å². The lowest BCUT2D eigenvalue weighted by molar-refractivity contribution is -0.142. The number of hydrogen-bond acceptors (Lipinski definition) is 4. The molecule has 5 nitrogen and oxygen atoms in total. The normalized spacial score (nSPS) is 10.4. The molecule has 124 valence electrons. The molecule has 0 heterocycles. The Labute approximate surface area is 140 Å². The first-order valence-corrected chi connectivity index (χ1v) is 7.43. The molecule has 2 aromatic carbocycles. The van der Waals surface area contributed by atoms with Crippen molar-refractivity contribution in [3.05, 3.63) is 65.7 Å². The van der Waals surface area contributed by atoms with Crippen molar-refractivity contribution < 1.29 is 19.1 Å². The van der Waals surface area contributed by atoms with Gasteiger partial charge in [0.1, 0.15) is 5.75 Å².